The summed E-state index contributed by atoms with van der Waals surface area (Å²) in [7, 11) is 0. The number of benzene rings is 1. The van der Waals surface area contributed by atoms with Gasteiger partial charge in [-0.05, 0) is 36.6 Å². The van der Waals surface area contributed by atoms with Crippen LogP contribution in [-0.2, 0) is 15.9 Å². The zero-order chi connectivity index (χ0) is 22.0. The van der Waals surface area contributed by atoms with Gasteiger partial charge < -0.3 is 29.6 Å². The number of anilines is 1. The largest absolute Gasteiger partial charge is 0.456 e. The van der Waals surface area contributed by atoms with Gasteiger partial charge >= 0.3 is 0 Å². The Hall–Kier alpha value is -1.98. The zero-order valence-corrected chi connectivity index (χ0v) is 19.0. The molecule has 0 radical (unpaired) electrons. The van der Waals surface area contributed by atoms with Crippen molar-refractivity contribution in [2.75, 3.05) is 18.5 Å². The van der Waals surface area contributed by atoms with Gasteiger partial charge in [-0.2, -0.15) is 4.98 Å². The smallest absolute Gasteiger partial charge is 0.296 e. The fraction of sp³-hybridized carbons (Fsp3) is 0.429. The van der Waals surface area contributed by atoms with Crippen molar-refractivity contribution in [2.45, 2.75) is 43.3 Å². The van der Waals surface area contributed by atoms with Gasteiger partial charge in [-0.25, -0.2) is 9.37 Å². The van der Waals surface area contributed by atoms with Crippen LogP contribution in [0, 0.1) is 5.82 Å². The molecule has 2 fully saturated rings. The molecule has 1 aliphatic carbocycles. The Balaban J connectivity index is 1.23. The molecule has 0 saturated carbocycles. The van der Waals surface area contributed by atoms with Gasteiger partial charge in [0.05, 0.1) is 29.8 Å². The lowest BCUT2D eigenvalue weighted by atomic mass is 10.1. The first kappa shape index (κ1) is 20.6. The number of imidazole rings is 1. The fourth-order valence-electron chi connectivity index (χ4n) is 4.73. The number of rotatable bonds is 4. The molecule has 11 heteroatoms. The van der Waals surface area contributed by atoms with E-state index in [4.69, 9.17) is 25.8 Å². The summed E-state index contributed by atoms with van der Waals surface area (Å²) in [6, 6.07) is 5.17. The van der Waals surface area contributed by atoms with Crippen LogP contribution in [0.1, 0.15) is 23.6 Å². The minimum Gasteiger partial charge on any atom is -0.456 e. The first-order chi connectivity index (χ1) is 15.5. The normalized spacial score (nSPS) is 28.8. The number of aromatic nitrogens is 3. The van der Waals surface area contributed by atoms with Crippen molar-refractivity contribution in [3.63, 3.8) is 0 Å². The van der Waals surface area contributed by atoms with Gasteiger partial charge in [-0.3, -0.25) is 0 Å². The van der Waals surface area contributed by atoms with Crippen molar-refractivity contribution in [2.24, 2.45) is 0 Å². The standard InChI is InChI=1S/C21H19BrClFN4O4/c22-9-3-8-1-2-12(16(8)11(24)4-9)25-19-10(23)5-13-20(27-19)28-21(26-13)32-15-7-31-17-14(29)6-30-18(15)17/h3-5,12,14-15,17-18,29H,1-2,6-7H2,(H2,25,26,27,28)/t12-,14+,15+,17+,18+/m0/s1. The van der Waals surface area contributed by atoms with E-state index in [0.717, 1.165) is 22.9 Å². The van der Waals surface area contributed by atoms with E-state index >= 15 is 0 Å². The predicted molar refractivity (Wildman–Crippen MR) is 118 cm³/mol. The van der Waals surface area contributed by atoms with Gasteiger partial charge in [0.1, 0.15) is 29.9 Å². The summed E-state index contributed by atoms with van der Waals surface area (Å²) in [4.78, 5) is 12.0. The number of pyridine rings is 1. The summed E-state index contributed by atoms with van der Waals surface area (Å²) in [5.74, 6) is 0.178. The van der Waals surface area contributed by atoms with E-state index in [1.54, 1.807) is 6.07 Å². The molecule has 0 spiro atoms. The lowest BCUT2D eigenvalue weighted by molar-refractivity contribution is 0.00706. The molecule has 168 valence electrons. The number of aliphatic hydroxyl groups is 1. The summed E-state index contributed by atoms with van der Waals surface area (Å²) in [6.45, 7) is 0.524. The number of aromatic amines is 1. The van der Waals surface area contributed by atoms with Crippen molar-refractivity contribution < 1.29 is 23.7 Å². The minimum atomic E-state index is -0.648. The maximum atomic E-state index is 14.6. The number of fused-ring (bicyclic) bond motifs is 3. The molecule has 1 aromatic carbocycles. The van der Waals surface area contributed by atoms with E-state index in [-0.39, 0.29) is 42.8 Å². The summed E-state index contributed by atoms with van der Waals surface area (Å²) < 4.78 is 32.4. The number of hydrogen-bond donors (Lipinski definition) is 3. The van der Waals surface area contributed by atoms with Gasteiger partial charge in [-0.15, -0.1) is 0 Å². The lowest BCUT2D eigenvalue weighted by Gasteiger charge is -2.16. The van der Waals surface area contributed by atoms with E-state index < -0.39 is 6.10 Å². The molecule has 6 rings (SSSR count). The Labute approximate surface area is 195 Å². The topological polar surface area (TPSA) is 102 Å². The highest BCUT2D eigenvalue weighted by Crippen LogP contribution is 2.39. The SMILES string of the molecule is O[C@@H]1CO[C@H]2[C@@H]1OC[C@H]2Oc1nc2nc(N[C@H]3CCc4cc(Br)cc(F)c43)c(Cl)cc2[nH]1. The molecule has 3 aliphatic rings. The highest BCUT2D eigenvalue weighted by molar-refractivity contribution is 9.10. The van der Waals surface area contributed by atoms with Crippen LogP contribution in [0.25, 0.3) is 11.2 Å². The van der Waals surface area contributed by atoms with Gasteiger partial charge in [0.2, 0.25) is 0 Å². The summed E-state index contributed by atoms with van der Waals surface area (Å²) in [5.41, 5.74) is 2.65. The number of H-pyrrole nitrogens is 1. The second kappa shape index (κ2) is 7.81. The summed E-state index contributed by atoms with van der Waals surface area (Å²) >= 11 is 9.81. The number of hydrogen-bond acceptors (Lipinski definition) is 7. The highest BCUT2D eigenvalue weighted by atomic mass is 79.9. The van der Waals surface area contributed by atoms with Crippen LogP contribution in [0.4, 0.5) is 10.2 Å². The molecule has 5 atom stereocenters. The van der Waals surface area contributed by atoms with Gasteiger partial charge in [0.15, 0.2) is 11.8 Å². The average molecular weight is 526 g/mol. The van der Waals surface area contributed by atoms with E-state index in [1.807, 2.05) is 6.07 Å². The number of aryl methyl sites for hydroxylation is 1. The van der Waals surface area contributed by atoms with Crippen LogP contribution in [-0.4, -0.2) is 57.7 Å². The molecular weight excluding hydrogens is 507 g/mol. The summed E-state index contributed by atoms with van der Waals surface area (Å²) in [6.07, 6.45) is -0.254. The molecule has 2 saturated heterocycles. The number of ether oxygens (including phenoxy) is 3. The van der Waals surface area contributed by atoms with Crippen molar-refractivity contribution in [3.8, 4) is 6.01 Å². The quantitative estimate of drug-likeness (QED) is 0.479. The molecule has 2 aliphatic heterocycles. The third-order valence-electron chi connectivity index (χ3n) is 6.19. The third kappa shape index (κ3) is 3.45. The molecule has 3 aromatic rings. The van der Waals surface area contributed by atoms with Gasteiger partial charge in [-0.1, -0.05) is 27.5 Å². The molecule has 8 nitrogen and oxygen atoms in total. The Morgan fingerprint density at radius 3 is 2.94 bits per heavy atom. The first-order valence-electron chi connectivity index (χ1n) is 10.3. The second-order valence-electron chi connectivity index (χ2n) is 8.25. The van der Waals surface area contributed by atoms with E-state index in [9.17, 15) is 9.50 Å². The summed E-state index contributed by atoms with van der Waals surface area (Å²) in [5, 5.41) is 13.5. The Morgan fingerprint density at radius 2 is 2.06 bits per heavy atom. The Kier molecular flexibility index (Phi) is 5.03. The number of halogens is 3. The molecular formula is C21H19BrClFN4O4. The molecule has 32 heavy (non-hydrogen) atoms. The maximum absolute atomic E-state index is 14.6. The number of nitrogens with one attached hydrogen (secondary N) is 2. The molecule has 4 heterocycles. The van der Waals surface area contributed by atoms with Crippen LogP contribution < -0.4 is 10.1 Å². The van der Waals surface area contributed by atoms with Gasteiger partial charge in [0.25, 0.3) is 6.01 Å². The van der Waals surface area contributed by atoms with Crippen LogP contribution in [0.15, 0.2) is 22.7 Å². The molecule has 0 bridgehead atoms. The molecule has 0 unspecified atom stereocenters. The molecule has 3 N–H and O–H groups in total. The number of aliphatic hydroxyl groups excluding tert-OH is 1. The van der Waals surface area contributed by atoms with Crippen LogP contribution in [0.2, 0.25) is 5.02 Å². The Morgan fingerprint density at radius 1 is 1.22 bits per heavy atom. The number of nitrogens with zero attached hydrogens (tertiary/aromatic N) is 2. The molecule has 2 aromatic heterocycles. The Bertz CT molecular complexity index is 1210. The van der Waals surface area contributed by atoms with E-state index in [2.05, 4.69) is 36.2 Å². The second-order valence-corrected chi connectivity index (χ2v) is 9.57. The average Bonchev–Trinajstić information content (AvgIpc) is 3.49. The van der Waals surface area contributed by atoms with Gasteiger partial charge in [0, 0.05) is 10.0 Å². The lowest BCUT2D eigenvalue weighted by Crippen LogP contribution is -2.34. The highest BCUT2D eigenvalue weighted by Gasteiger charge is 2.48. The van der Waals surface area contributed by atoms with E-state index in [1.165, 1.54) is 6.07 Å². The van der Waals surface area contributed by atoms with Crippen molar-refractivity contribution in [1.82, 2.24) is 15.0 Å². The van der Waals surface area contributed by atoms with Crippen LogP contribution >= 0.6 is 27.5 Å². The van der Waals surface area contributed by atoms with Crippen molar-refractivity contribution in [1.29, 1.82) is 0 Å². The van der Waals surface area contributed by atoms with Crippen LogP contribution in [0.3, 0.4) is 0 Å². The van der Waals surface area contributed by atoms with Crippen molar-refractivity contribution in [3.05, 3.63) is 44.6 Å². The minimum absolute atomic E-state index is 0.226. The molecule has 0 amide bonds. The first-order valence-corrected chi connectivity index (χ1v) is 11.5. The fourth-order valence-corrected chi connectivity index (χ4v) is 5.41. The predicted octanol–water partition coefficient (Wildman–Crippen LogP) is 3.52. The van der Waals surface area contributed by atoms with E-state index in [0.29, 0.717) is 34.2 Å². The maximum Gasteiger partial charge on any atom is 0.296 e. The zero-order valence-electron chi connectivity index (χ0n) is 16.6. The van der Waals surface area contributed by atoms with Crippen LogP contribution in [0.5, 0.6) is 6.01 Å². The third-order valence-corrected chi connectivity index (χ3v) is 6.94. The van der Waals surface area contributed by atoms with Crippen molar-refractivity contribution >= 4 is 44.5 Å². The monoisotopic (exact) mass is 524 g/mol.